The predicted molar refractivity (Wildman–Crippen MR) is 114 cm³/mol. The van der Waals surface area contributed by atoms with Gasteiger partial charge in [0.15, 0.2) is 5.58 Å². The molecule has 9 heteroatoms. The number of nitrogens with one attached hydrogen (secondary N) is 2. The van der Waals surface area contributed by atoms with Crippen molar-refractivity contribution >= 4 is 40.4 Å². The SMILES string of the molecule is COc1ccc(-c2nc3cc(Cl)ccc3o2)cc1NC(=O)NCCCCCC(=O)O. The van der Waals surface area contributed by atoms with Crippen LogP contribution >= 0.6 is 11.6 Å². The fourth-order valence-corrected chi connectivity index (χ4v) is 3.08. The van der Waals surface area contributed by atoms with E-state index in [4.69, 9.17) is 25.9 Å². The number of carbonyl (C=O) groups is 2. The number of hydrogen-bond acceptors (Lipinski definition) is 5. The van der Waals surface area contributed by atoms with E-state index in [1.807, 2.05) is 0 Å². The van der Waals surface area contributed by atoms with E-state index in [0.717, 1.165) is 6.42 Å². The van der Waals surface area contributed by atoms with Gasteiger partial charge in [0, 0.05) is 23.6 Å². The number of unbranched alkanes of at least 4 members (excludes halogenated alkanes) is 2. The van der Waals surface area contributed by atoms with Gasteiger partial charge >= 0.3 is 12.0 Å². The first-order valence-corrected chi connectivity index (χ1v) is 9.85. The monoisotopic (exact) mass is 431 g/mol. The van der Waals surface area contributed by atoms with Crippen molar-refractivity contribution < 1.29 is 23.8 Å². The summed E-state index contributed by atoms with van der Waals surface area (Å²) >= 11 is 6.00. The molecule has 0 spiro atoms. The number of carboxylic acids is 1. The summed E-state index contributed by atoms with van der Waals surface area (Å²) in [4.78, 5) is 27.2. The summed E-state index contributed by atoms with van der Waals surface area (Å²) in [6, 6.07) is 10.0. The number of amides is 2. The van der Waals surface area contributed by atoms with Crippen LogP contribution in [0.15, 0.2) is 40.8 Å². The molecule has 0 saturated heterocycles. The minimum Gasteiger partial charge on any atom is -0.495 e. The molecule has 0 aliphatic carbocycles. The van der Waals surface area contributed by atoms with Crippen LogP contribution in [-0.4, -0.2) is 35.7 Å². The first kappa shape index (κ1) is 21.4. The molecule has 0 aliphatic rings. The summed E-state index contributed by atoms with van der Waals surface area (Å²) in [6.45, 7) is 0.444. The fraction of sp³-hybridized carbons (Fsp3) is 0.286. The third-order valence-electron chi connectivity index (χ3n) is 4.40. The standard InChI is InChI=1S/C21H22ClN3O5/c1-29-17-8-6-13(20-24-16-12-14(22)7-9-18(16)30-20)11-15(17)25-21(28)23-10-4-2-3-5-19(26)27/h6-9,11-12H,2-5,10H2,1H3,(H,26,27)(H2,23,25,28). The molecule has 3 rings (SSSR count). The van der Waals surface area contributed by atoms with Crippen molar-refractivity contribution in [3.8, 4) is 17.2 Å². The molecule has 0 saturated carbocycles. The highest BCUT2D eigenvalue weighted by molar-refractivity contribution is 6.31. The molecule has 2 aromatic carbocycles. The number of fused-ring (bicyclic) bond motifs is 1. The third kappa shape index (κ3) is 5.64. The maximum Gasteiger partial charge on any atom is 0.319 e. The number of methoxy groups -OCH3 is 1. The molecular weight excluding hydrogens is 410 g/mol. The quantitative estimate of drug-likeness (QED) is 0.414. The molecule has 0 aliphatic heterocycles. The number of rotatable bonds is 9. The van der Waals surface area contributed by atoms with E-state index in [2.05, 4.69) is 15.6 Å². The highest BCUT2D eigenvalue weighted by Gasteiger charge is 2.13. The van der Waals surface area contributed by atoms with E-state index >= 15 is 0 Å². The van der Waals surface area contributed by atoms with Gasteiger partial charge in [-0.15, -0.1) is 0 Å². The highest BCUT2D eigenvalue weighted by atomic mass is 35.5. The van der Waals surface area contributed by atoms with Crippen LogP contribution in [0, 0.1) is 0 Å². The second-order valence-electron chi connectivity index (χ2n) is 6.63. The van der Waals surface area contributed by atoms with E-state index in [1.165, 1.54) is 7.11 Å². The van der Waals surface area contributed by atoms with Gasteiger partial charge in [-0.05, 0) is 49.2 Å². The van der Waals surface area contributed by atoms with Crippen molar-refractivity contribution in [1.29, 1.82) is 0 Å². The molecule has 3 aromatic rings. The van der Waals surface area contributed by atoms with Crippen molar-refractivity contribution in [2.75, 3.05) is 19.0 Å². The number of aliphatic carboxylic acids is 1. The Labute approximate surface area is 178 Å². The number of urea groups is 1. The largest absolute Gasteiger partial charge is 0.495 e. The van der Waals surface area contributed by atoms with Crippen LogP contribution in [0.4, 0.5) is 10.5 Å². The summed E-state index contributed by atoms with van der Waals surface area (Å²) in [7, 11) is 1.52. The number of benzene rings is 2. The third-order valence-corrected chi connectivity index (χ3v) is 4.63. The van der Waals surface area contributed by atoms with Gasteiger partial charge in [-0.2, -0.15) is 0 Å². The molecule has 3 N–H and O–H groups in total. The molecule has 1 aromatic heterocycles. The number of ether oxygens (including phenoxy) is 1. The van der Waals surface area contributed by atoms with Gasteiger partial charge in [-0.3, -0.25) is 4.79 Å². The lowest BCUT2D eigenvalue weighted by atomic mass is 10.2. The van der Waals surface area contributed by atoms with Crippen LogP contribution < -0.4 is 15.4 Å². The van der Waals surface area contributed by atoms with Gasteiger partial charge in [0.2, 0.25) is 5.89 Å². The fourth-order valence-electron chi connectivity index (χ4n) is 2.91. The van der Waals surface area contributed by atoms with E-state index in [0.29, 0.717) is 58.4 Å². The first-order valence-electron chi connectivity index (χ1n) is 9.47. The van der Waals surface area contributed by atoms with Gasteiger partial charge in [0.1, 0.15) is 11.3 Å². The topological polar surface area (TPSA) is 114 Å². The number of oxazole rings is 1. The van der Waals surface area contributed by atoms with Crippen molar-refractivity contribution in [2.24, 2.45) is 0 Å². The van der Waals surface area contributed by atoms with Crippen LogP contribution in [0.25, 0.3) is 22.6 Å². The molecule has 2 amide bonds. The average molecular weight is 432 g/mol. The van der Waals surface area contributed by atoms with Crippen LogP contribution in [0.1, 0.15) is 25.7 Å². The second-order valence-corrected chi connectivity index (χ2v) is 7.07. The maximum absolute atomic E-state index is 12.2. The zero-order valence-electron chi connectivity index (χ0n) is 16.4. The number of halogens is 1. The minimum atomic E-state index is -0.810. The molecule has 30 heavy (non-hydrogen) atoms. The number of nitrogens with zero attached hydrogens (tertiary/aromatic N) is 1. The normalized spacial score (nSPS) is 10.7. The number of carboxylic acid groups (broad SMARTS) is 1. The molecule has 0 fully saturated rings. The lowest BCUT2D eigenvalue weighted by Crippen LogP contribution is -2.29. The van der Waals surface area contributed by atoms with Crippen molar-refractivity contribution in [3.05, 3.63) is 41.4 Å². The van der Waals surface area contributed by atoms with Crippen LogP contribution in [-0.2, 0) is 4.79 Å². The zero-order chi connectivity index (χ0) is 21.5. The summed E-state index contributed by atoms with van der Waals surface area (Å²) in [5, 5.41) is 14.7. The molecule has 0 unspecified atom stereocenters. The Morgan fingerprint density at radius 1 is 1.17 bits per heavy atom. The van der Waals surface area contributed by atoms with Crippen molar-refractivity contribution in [3.63, 3.8) is 0 Å². The molecular formula is C21H22ClN3O5. The van der Waals surface area contributed by atoms with Crippen LogP contribution in [0.5, 0.6) is 5.75 Å². The number of carbonyl (C=O) groups excluding carboxylic acids is 1. The van der Waals surface area contributed by atoms with Gasteiger partial charge in [-0.1, -0.05) is 18.0 Å². The van der Waals surface area contributed by atoms with E-state index in [9.17, 15) is 9.59 Å². The molecule has 0 radical (unpaired) electrons. The molecule has 8 nitrogen and oxygen atoms in total. The average Bonchev–Trinajstić information content (AvgIpc) is 3.13. The minimum absolute atomic E-state index is 0.137. The van der Waals surface area contributed by atoms with Gasteiger partial charge in [0.05, 0.1) is 12.8 Å². The predicted octanol–water partition coefficient (Wildman–Crippen LogP) is 4.92. The molecule has 158 valence electrons. The van der Waals surface area contributed by atoms with Gasteiger partial charge < -0.3 is 24.9 Å². The van der Waals surface area contributed by atoms with E-state index in [1.54, 1.807) is 36.4 Å². The van der Waals surface area contributed by atoms with Crippen molar-refractivity contribution in [1.82, 2.24) is 10.3 Å². The second kappa shape index (κ2) is 9.98. The van der Waals surface area contributed by atoms with Crippen LogP contribution in [0.2, 0.25) is 5.02 Å². The van der Waals surface area contributed by atoms with Crippen molar-refractivity contribution in [2.45, 2.75) is 25.7 Å². The van der Waals surface area contributed by atoms with Gasteiger partial charge in [-0.25, -0.2) is 9.78 Å². The summed E-state index contributed by atoms with van der Waals surface area (Å²) in [6.07, 6.45) is 2.15. The molecule has 0 bridgehead atoms. The number of anilines is 1. The summed E-state index contributed by atoms with van der Waals surface area (Å²) in [5.74, 6) is 0.0843. The molecule has 1 heterocycles. The summed E-state index contributed by atoms with van der Waals surface area (Å²) in [5.41, 5.74) is 2.40. The lowest BCUT2D eigenvalue weighted by molar-refractivity contribution is -0.137. The van der Waals surface area contributed by atoms with Crippen LogP contribution in [0.3, 0.4) is 0 Å². The Kier molecular flexibility index (Phi) is 7.13. The van der Waals surface area contributed by atoms with E-state index < -0.39 is 5.97 Å². The Balaban J connectivity index is 1.65. The molecule has 0 atom stereocenters. The Hall–Kier alpha value is -3.26. The highest BCUT2D eigenvalue weighted by Crippen LogP contribution is 2.32. The Bertz CT molecular complexity index is 1050. The Morgan fingerprint density at radius 3 is 2.77 bits per heavy atom. The first-order chi connectivity index (χ1) is 14.5. The zero-order valence-corrected chi connectivity index (χ0v) is 17.2. The Morgan fingerprint density at radius 2 is 2.00 bits per heavy atom. The smallest absolute Gasteiger partial charge is 0.319 e. The number of aromatic nitrogens is 1. The van der Waals surface area contributed by atoms with Gasteiger partial charge in [0.25, 0.3) is 0 Å². The summed E-state index contributed by atoms with van der Waals surface area (Å²) < 4.78 is 11.1. The lowest BCUT2D eigenvalue weighted by Gasteiger charge is -2.12. The maximum atomic E-state index is 12.2. The number of hydrogen-bond donors (Lipinski definition) is 3. The van der Waals surface area contributed by atoms with E-state index in [-0.39, 0.29) is 12.5 Å².